The van der Waals surface area contributed by atoms with E-state index in [1.54, 1.807) is 0 Å². The van der Waals surface area contributed by atoms with Crippen LogP contribution in [0.5, 0.6) is 0 Å². The fourth-order valence-corrected chi connectivity index (χ4v) is 5.32. The molecule has 5 nitrogen and oxygen atoms in total. The Kier molecular flexibility index (Phi) is 5.24. The summed E-state index contributed by atoms with van der Waals surface area (Å²) in [6.07, 6.45) is -0.901. The van der Waals surface area contributed by atoms with Crippen LogP contribution in [0.1, 0.15) is 17.2 Å². The summed E-state index contributed by atoms with van der Waals surface area (Å²) in [6, 6.07) is 19.3. The quantitative estimate of drug-likeness (QED) is 0.823. The van der Waals surface area contributed by atoms with Gasteiger partial charge in [-0.1, -0.05) is 60.7 Å². The molecule has 0 amide bonds. The van der Waals surface area contributed by atoms with E-state index in [0.717, 1.165) is 11.1 Å². The molecular formula is C19H24N2O3S. The zero-order valence-electron chi connectivity index (χ0n) is 14.5. The Morgan fingerprint density at radius 1 is 0.920 bits per heavy atom. The lowest BCUT2D eigenvalue weighted by Crippen LogP contribution is -2.52. The van der Waals surface area contributed by atoms with Gasteiger partial charge in [0.25, 0.3) is 0 Å². The Hall–Kier alpha value is -1.73. The number of nitrogens with zero attached hydrogens (tertiary/aromatic N) is 2. The van der Waals surface area contributed by atoms with Gasteiger partial charge >= 0.3 is 0 Å². The van der Waals surface area contributed by atoms with E-state index in [1.807, 2.05) is 84.8 Å². The standard InChI is InChI=1S/C19H24N2O3S/c1-20(2)21(17-13-25(23,24)14-18(17)22)19(15-9-5-3-6-10-15)16-11-7-4-8-12-16/h3-12,17-19,22H,13-14H2,1-2H3/t17-,18-/m0/s1. The van der Waals surface area contributed by atoms with Crippen molar-refractivity contribution in [3.05, 3.63) is 71.8 Å². The van der Waals surface area contributed by atoms with Crippen molar-refractivity contribution in [1.29, 1.82) is 0 Å². The van der Waals surface area contributed by atoms with Crippen LogP contribution in [0, 0.1) is 0 Å². The van der Waals surface area contributed by atoms with Crippen molar-refractivity contribution >= 4 is 9.84 Å². The van der Waals surface area contributed by atoms with Gasteiger partial charge in [0.2, 0.25) is 0 Å². The molecule has 25 heavy (non-hydrogen) atoms. The third kappa shape index (κ3) is 3.93. The van der Waals surface area contributed by atoms with Gasteiger partial charge in [0.05, 0.1) is 29.7 Å². The lowest BCUT2D eigenvalue weighted by Gasteiger charge is -2.41. The van der Waals surface area contributed by atoms with Crippen molar-refractivity contribution in [2.45, 2.75) is 18.2 Å². The van der Waals surface area contributed by atoms with Gasteiger partial charge in [0.15, 0.2) is 9.84 Å². The summed E-state index contributed by atoms with van der Waals surface area (Å²) in [5.74, 6) is -0.221. The molecule has 0 aliphatic carbocycles. The van der Waals surface area contributed by atoms with Crippen molar-refractivity contribution in [2.24, 2.45) is 0 Å². The van der Waals surface area contributed by atoms with Crippen molar-refractivity contribution in [3.8, 4) is 0 Å². The van der Waals surface area contributed by atoms with Crippen LogP contribution < -0.4 is 0 Å². The van der Waals surface area contributed by atoms with Gasteiger partial charge in [-0.2, -0.15) is 0 Å². The van der Waals surface area contributed by atoms with E-state index in [4.69, 9.17) is 0 Å². The summed E-state index contributed by atoms with van der Waals surface area (Å²) >= 11 is 0. The number of hydrazine groups is 1. The molecule has 3 rings (SSSR count). The lowest BCUT2D eigenvalue weighted by molar-refractivity contribution is -0.0722. The molecule has 2 aromatic carbocycles. The molecule has 6 heteroatoms. The third-order valence-corrected chi connectivity index (χ3v) is 6.29. The normalized spacial score (nSPS) is 22.8. The van der Waals surface area contributed by atoms with E-state index < -0.39 is 22.0 Å². The second-order valence-electron chi connectivity index (χ2n) is 6.66. The first-order valence-electron chi connectivity index (χ1n) is 8.33. The number of aliphatic hydroxyl groups excluding tert-OH is 1. The van der Waals surface area contributed by atoms with Crippen LogP contribution in [0.2, 0.25) is 0 Å². The number of hydrogen-bond acceptors (Lipinski definition) is 5. The van der Waals surface area contributed by atoms with Gasteiger partial charge in [0, 0.05) is 14.1 Å². The van der Waals surface area contributed by atoms with Gasteiger partial charge < -0.3 is 5.11 Å². The van der Waals surface area contributed by atoms with E-state index in [-0.39, 0.29) is 17.5 Å². The smallest absolute Gasteiger partial charge is 0.154 e. The average molecular weight is 360 g/mol. The molecular weight excluding hydrogens is 336 g/mol. The summed E-state index contributed by atoms with van der Waals surface area (Å²) < 4.78 is 24.1. The first-order valence-corrected chi connectivity index (χ1v) is 10.1. The monoisotopic (exact) mass is 360 g/mol. The van der Waals surface area contributed by atoms with Crippen LogP contribution in [0.15, 0.2) is 60.7 Å². The maximum absolute atomic E-state index is 12.1. The van der Waals surface area contributed by atoms with Gasteiger partial charge in [-0.25, -0.2) is 18.4 Å². The number of sulfone groups is 1. The minimum Gasteiger partial charge on any atom is -0.390 e. The van der Waals surface area contributed by atoms with Gasteiger partial charge in [-0.3, -0.25) is 0 Å². The topological polar surface area (TPSA) is 60.9 Å². The van der Waals surface area contributed by atoms with Crippen LogP contribution >= 0.6 is 0 Å². The van der Waals surface area contributed by atoms with E-state index in [1.165, 1.54) is 0 Å². The van der Waals surface area contributed by atoms with Gasteiger partial charge in [0.1, 0.15) is 0 Å². The SMILES string of the molecule is CN(C)N(C(c1ccccc1)c1ccccc1)[C@H]1CS(=O)(=O)C[C@@H]1O. The summed E-state index contributed by atoms with van der Waals surface area (Å²) in [4.78, 5) is 0. The highest BCUT2D eigenvalue weighted by Crippen LogP contribution is 2.34. The van der Waals surface area contributed by atoms with Gasteiger partial charge in [-0.05, 0) is 11.1 Å². The molecule has 2 aromatic rings. The molecule has 0 aromatic heterocycles. The Morgan fingerprint density at radius 3 is 1.76 bits per heavy atom. The highest BCUT2D eigenvalue weighted by atomic mass is 32.2. The minimum atomic E-state index is -3.24. The van der Waals surface area contributed by atoms with E-state index in [9.17, 15) is 13.5 Å². The summed E-state index contributed by atoms with van der Waals surface area (Å²) in [5.41, 5.74) is 2.11. The number of rotatable bonds is 5. The van der Waals surface area contributed by atoms with Gasteiger partial charge in [-0.15, -0.1) is 0 Å². The Labute approximate surface area is 149 Å². The number of benzene rings is 2. The Bertz CT molecular complexity index is 754. The molecule has 1 aliphatic rings. The molecule has 1 N–H and O–H groups in total. The van der Waals surface area contributed by atoms with Crippen molar-refractivity contribution in [3.63, 3.8) is 0 Å². The highest BCUT2D eigenvalue weighted by Gasteiger charge is 2.44. The molecule has 1 heterocycles. The molecule has 0 radical (unpaired) electrons. The lowest BCUT2D eigenvalue weighted by atomic mass is 9.96. The van der Waals surface area contributed by atoms with Crippen LogP contribution in [0.4, 0.5) is 0 Å². The largest absolute Gasteiger partial charge is 0.390 e. The zero-order valence-corrected chi connectivity index (χ0v) is 15.3. The molecule has 0 spiro atoms. The first kappa shape index (κ1) is 18.1. The maximum atomic E-state index is 12.1. The molecule has 134 valence electrons. The van der Waals surface area contributed by atoms with E-state index >= 15 is 0 Å². The Balaban J connectivity index is 2.09. The van der Waals surface area contributed by atoms with E-state index in [0.29, 0.717) is 0 Å². The van der Waals surface area contributed by atoms with Crippen LogP contribution in [-0.2, 0) is 9.84 Å². The summed E-state index contributed by atoms with van der Waals surface area (Å²) in [5, 5.41) is 14.3. The average Bonchev–Trinajstić information content (AvgIpc) is 2.86. The second-order valence-corrected chi connectivity index (χ2v) is 8.82. The zero-order chi connectivity index (χ0) is 18.0. The Morgan fingerprint density at radius 2 is 1.40 bits per heavy atom. The number of hydrogen-bond donors (Lipinski definition) is 1. The first-order chi connectivity index (χ1) is 11.9. The second kappa shape index (κ2) is 7.25. The molecule has 2 atom stereocenters. The van der Waals surface area contributed by atoms with Crippen LogP contribution in [0.3, 0.4) is 0 Å². The predicted octanol–water partition coefficient (Wildman–Crippen LogP) is 1.71. The molecule has 1 aliphatic heterocycles. The van der Waals surface area contributed by atoms with Crippen LogP contribution in [-0.4, -0.2) is 61.3 Å². The fourth-order valence-electron chi connectivity index (χ4n) is 3.55. The van der Waals surface area contributed by atoms with Crippen LogP contribution in [0.25, 0.3) is 0 Å². The molecule has 0 unspecified atom stereocenters. The summed E-state index contributed by atoms with van der Waals surface area (Å²) in [6.45, 7) is 0. The third-order valence-electron chi connectivity index (χ3n) is 4.59. The molecule has 0 bridgehead atoms. The highest BCUT2D eigenvalue weighted by molar-refractivity contribution is 7.91. The van der Waals surface area contributed by atoms with Crippen molar-refractivity contribution < 1.29 is 13.5 Å². The fraction of sp³-hybridized carbons (Fsp3) is 0.368. The van der Waals surface area contributed by atoms with Crippen molar-refractivity contribution in [2.75, 3.05) is 25.6 Å². The minimum absolute atomic E-state index is 0.0392. The maximum Gasteiger partial charge on any atom is 0.154 e. The predicted molar refractivity (Wildman–Crippen MR) is 98.7 cm³/mol. The summed E-state index contributed by atoms with van der Waals surface area (Å²) in [7, 11) is 0.531. The van der Waals surface area contributed by atoms with Crippen molar-refractivity contribution in [1.82, 2.24) is 10.0 Å². The molecule has 0 saturated carbocycles. The molecule has 1 saturated heterocycles. The number of aliphatic hydroxyl groups is 1. The van der Waals surface area contributed by atoms with E-state index in [2.05, 4.69) is 0 Å². The molecule has 1 fully saturated rings.